The lowest BCUT2D eigenvalue weighted by Gasteiger charge is -2.37. The summed E-state index contributed by atoms with van der Waals surface area (Å²) in [5.74, 6) is -0.781. The van der Waals surface area contributed by atoms with Crippen LogP contribution in [0, 0.1) is 0 Å². The highest BCUT2D eigenvalue weighted by molar-refractivity contribution is 6.74. The van der Waals surface area contributed by atoms with Gasteiger partial charge in [0, 0.05) is 6.07 Å². The fourth-order valence-corrected chi connectivity index (χ4v) is 6.26. The molecule has 1 unspecified atom stereocenters. The largest absolute Gasteiger partial charge is 0.543 e. The highest BCUT2D eigenvalue weighted by Gasteiger charge is 2.40. The molecule has 0 aromatic heterocycles. The van der Waals surface area contributed by atoms with Gasteiger partial charge in [0.05, 0.1) is 37.0 Å². The molecule has 1 aliphatic heterocycles. The second-order valence-electron chi connectivity index (χ2n) is 14.3. The fraction of sp³-hybridized carbons (Fsp3) is 0.333. The van der Waals surface area contributed by atoms with E-state index in [1.165, 1.54) is 6.07 Å². The van der Waals surface area contributed by atoms with Crippen molar-refractivity contribution in [3.63, 3.8) is 0 Å². The number of carbonyl (C=O) groups is 4. The van der Waals surface area contributed by atoms with Gasteiger partial charge in [-0.1, -0.05) is 93.6 Å². The maximum absolute atomic E-state index is 13.7. The van der Waals surface area contributed by atoms with E-state index in [0.717, 1.165) is 16.7 Å². The number of fused-ring (bicyclic) bond motifs is 1. The molecule has 0 spiro atoms. The minimum atomic E-state index is -2.37. The van der Waals surface area contributed by atoms with Crippen LogP contribution < -0.4 is 13.9 Å². The molecule has 1 aliphatic rings. The van der Waals surface area contributed by atoms with Crippen molar-refractivity contribution in [1.82, 2.24) is 0 Å². The summed E-state index contributed by atoms with van der Waals surface area (Å²) in [6.45, 7) is 10.7. The summed E-state index contributed by atoms with van der Waals surface area (Å²) >= 11 is 0. The molecule has 0 fully saturated rings. The summed E-state index contributed by atoms with van der Waals surface area (Å²) in [5, 5.41) is -0.144. The quantitative estimate of drug-likeness (QED) is 0.0666. The van der Waals surface area contributed by atoms with E-state index in [9.17, 15) is 19.2 Å². The molecule has 0 saturated carbocycles. The van der Waals surface area contributed by atoms with Gasteiger partial charge in [0.15, 0.2) is 5.78 Å². The van der Waals surface area contributed by atoms with Gasteiger partial charge >= 0.3 is 17.9 Å². The first kappa shape index (κ1) is 38.8. The van der Waals surface area contributed by atoms with Gasteiger partial charge in [0.2, 0.25) is 8.32 Å². The van der Waals surface area contributed by atoms with Crippen LogP contribution in [0.25, 0.3) is 0 Å². The second-order valence-corrected chi connectivity index (χ2v) is 19.0. The van der Waals surface area contributed by atoms with Crippen LogP contribution >= 0.6 is 0 Å². The Labute approximate surface area is 311 Å². The molecule has 4 aromatic carbocycles. The molecule has 4 aromatic rings. The van der Waals surface area contributed by atoms with Crippen molar-refractivity contribution >= 4 is 32.0 Å². The summed E-state index contributed by atoms with van der Waals surface area (Å²) in [4.78, 5) is 51.7. The van der Waals surface area contributed by atoms with Crippen LogP contribution in [-0.2, 0) is 37.0 Å². The van der Waals surface area contributed by atoms with Crippen molar-refractivity contribution in [2.75, 3.05) is 13.2 Å². The zero-order chi connectivity index (χ0) is 38.0. The normalized spacial score (nSPS) is 14.0. The Hall–Kier alpha value is -5.42. The third-order valence-corrected chi connectivity index (χ3v) is 13.6. The molecule has 0 saturated heterocycles. The Morgan fingerprint density at radius 1 is 0.736 bits per heavy atom. The van der Waals surface area contributed by atoms with E-state index in [1.807, 2.05) is 60.7 Å². The van der Waals surface area contributed by atoms with Crippen LogP contribution in [0.4, 0.5) is 0 Å². The number of rotatable bonds is 15. The molecule has 0 N–H and O–H groups in total. The average molecular weight is 739 g/mol. The molecule has 5 rings (SSSR count). The van der Waals surface area contributed by atoms with Crippen molar-refractivity contribution < 1.29 is 47.3 Å². The molecule has 0 radical (unpaired) electrons. The molecule has 1 heterocycles. The topological polar surface area (TPSA) is 124 Å². The summed E-state index contributed by atoms with van der Waals surface area (Å²) in [6, 6.07) is 29.0. The van der Waals surface area contributed by atoms with Crippen molar-refractivity contribution in [2.24, 2.45) is 0 Å². The van der Waals surface area contributed by atoms with E-state index in [1.54, 1.807) is 30.3 Å². The predicted octanol–water partition coefficient (Wildman–Crippen LogP) is 8.58. The van der Waals surface area contributed by atoms with E-state index in [4.69, 9.17) is 28.1 Å². The van der Waals surface area contributed by atoms with Gasteiger partial charge in [-0.15, -0.1) is 0 Å². The Morgan fingerprint density at radius 3 is 1.87 bits per heavy atom. The van der Waals surface area contributed by atoms with Crippen molar-refractivity contribution in [2.45, 2.75) is 77.5 Å². The average Bonchev–Trinajstić information content (AvgIpc) is 3.13. The summed E-state index contributed by atoms with van der Waals surface area (Å²) in [6.07, 6.45) is -0.711. The first-order chi connectivity index (χ1) is 25.3. The molecule has 1 atom stereocenters. The SMILES string of the molecule is CC(C)(C)[Si](C)(C)Oc1cc2c(c(C(=O)OCCC(=O)OCc3ccccc3)c1)C(=O)CC(c1ccc(OCCC(=O)OCc3ccccc3)cc1)O2. The van der Waals surface area contributed by atoms with Gasteiger partial charge in [0.25, 0.3) is 0 Å². The van der Waals surface area contributed by atoms with Gasteiger partial charge < -0.3 is 28.1 Å². The Balaban J connectivity index is 1.24. The summed E-state index contributed by atoms with van der Waals surface area (Å²) < 4.78 is 34.8. The lowest BCUT2D eigenvalue weighted by atomic mass is 9.92. The molecule has 11 heteroatoms. The lowest BCUT2D eigenvalue weighted by Crippen LogP contribution is -2.44. The molecule has 0 bridgehead atoms. The number of ether oxygens (including phenoxy) is 5. The highest BCUT2D eigenvalue weighted by Crippen LogP contribution is 2.43. The first-order valence-corrected chi connectivity index (χ1v) is 20.6. The van der Waals surface area contributed by atoms with Crippen molar-refractivity contribution in [3.05, 3.63) is 125 Å². The van der Waals surface area contributed by atoms with Gasteiger partial charge in [-0.3, -0.25) is 14.4 Å². The number of carbonyl (C=O) groups excluding carboxylic acids is 4. The number of hydrogen-bond donors (Lipinski definition) is 0. The fourth-order valence-electron chi connectivity index (χ4n) is 5.25. The molecule has 10 nitrogen and oxygen atoms in total. The monoisotopic (exact) mass is 738 g/mol. The number of ketones is 1. The van der Waals surface area contributed by atoms with Crippen LogP contribution in [0.2, 0.25) is 18.1 Å². The third-order valence-electron chi connectivity index (χ3n) is 9.25. The Bertz CT molecular complexity index is 1880. The minimum Gasteiger partial charge on any atom is -0.543 e. The van der Waals surface area contributed by atoms with E-state index in [-0.39, 0.29) is 79.4 Å². The molecular weight excluding hydrogens is 693 g/mol. The van der Waals surface area contributed by atoms with Gasteiger partial charge in [-0.05, 0) is 53.0 Å². The predicted molar refractivity (Wildman–Crippen MR) is 201 cm³/mol. The molecule has 278 valence electrons. The lowest BCUT2D eigenvalue weighted by molar-refractivity contribution is -0.146. The minimum absolute atomic E-state index is 0.0170. The number of benzene rings is 4. The van der Waals surface area contributed by atoms with E-state index in [2.05, 4.69) is 33.9 Å². The summed E-state index contributed by atoms with van der Waals surface area (Å²) in [7, 11) is -2.37. The maximum Gasteiger partial charge on any atom is 0.339 e. The van der Waals surface area contributed by atoms with Gasteiger partial charge in [-0.25, -0.2) is 4.79 Å². The van der Waals surface area contributed by atoms with Crippen molar-refractivity contribution in [3.8, 4) is 17.2 Å². The first-order valence-electron chi connectivity index (χ1n) is 17.6. The van der Waals surface area contributed by atoms with Crippen LogP contribution in [0.5, 0.6) is 17.2 Å². The zero-order valence-corrected chi connectivity index (χ0v) is 31.8. The summed E-state index contributed by atoms with van der Waals surface area (Å²) in [5.41, 5.74) is 2.61. The maximum atomic E-state index is 13.7. The number of esters is 3. The van der Waals surface area contributed by atoms with Gasteiger partial charge in [0.1, 0.15) is 43.2 Å². The third kappa shape index (κ3) is 10.8. The van der Waals surface area contributed by atoms with Crippen LogP contribution in [0.3, 0.4) is 0 Å². The number of Topliss-reactive ketones (excluding diaryl/α,β-unsaturated/α-hetero) is 1. The van der Waals surface area contributed by atoms with E-state index < -0.39 is 26.4 Å². The van der Waals surface area contributed by atoms with E-state index in [0.29, 0.717) is 11.5 Å². The molecule has 0 aliphatic carbocycles. The molecule has 0 amide bonds. The second kappa shape index (κ2) is 17.4. The van der Waals surface area contributed by atoms with E-state index >= 15 is 0 Å². The smallest absolute Gasteiger partial charge is 0.339 e. The van der Waals surface area contributed by atoms with Crippen LogP contribution in [0.15, 0.2) is 97.1 Å². The van der Waals surface area contributed by atoms with Crippen molar-refractivity contribution in [1.29, 1.82) is 0 Å². The molecular formula is C42H46O10Si. The molecule has 53 heavy (non-hydrogen) atoms. The van der Waals surface area contributed by atoms with Gasteiger partial charge in [-0.2, -0.15) is 0 Å². The standard InChI is InChI=1S/C42H46O10Si/c1-42(2,3)53(4,5)52-33-24-34(41(46)48-23-21-39(45)50-28-30-14-10-7-11-15-30)40-35(43)26-36(51-37(40)25-33)31-16-18-32(19-17-31)47-22-20-38(44)49-27-29-12-8-6-9-13-29/h6-19,24-25,36H,20-23,26-28H2,1-5H3. The zero-order valence-electron chi connectivity index (χ0n) is 30.8. The number of hydrogen-bond acceptors (Lipinski definition) is 10. The Morgan fingerprint density at radius 2 is 1.30 bits per heavy atom. The Kier molecular flexibility index (Phi) is 12.7. The highest BCUT2D eigenvalue weighted by atomic mass is 28.4. The van der Waals surface area contributed by atoms with Crippen LogP contribution in [-0.4, -0.2) is 45.2 Å². The van der Waals surface area contributed by atoms with Crippen LogP contribution in [0.1, 0.15) is 83.5 Å².